The summed E-state index contributed by atoms with van der Waals surface area (Å²) in [6, 6.07) is 10.6. The zero-order valence-corrected chi connectivity index (χ0v) is 12.2. The van der Waals surface area contributed by atoms with Gasteiger partial charge in [0.15, 0.2) is 0 Å². The zero-order valence-electron chi connectivity index (χ0n) is 11.4. The summed E-state index contributed by atoms with van der Waals surface area (Å²) in [7, 11) is 0. The highest BCUT2D eigenvalue weighted by Gasteiger charge is 2.49. The van der Waals surface area contributed by atoms with Crippen LogP contribution in [0.25, 0.3) is 0 Å². The first kappa shape index (κ1) is 13.7. The molecule has 0 aliphatic carbocycles. The molecule has 0 bridgehead atoms. The molecule has 0 N–H and O–H groups in total. The van der Waals surface area contributed by atoms with Gasteiger partial charge < -0.3 is 0 Å². The number of imide groups is 2. The standard InChI is InChI=1S/C16H7ClN2O4/c17-11-7-3-6-10-12(11)16(23)19(15(10)22)18-13(20)8-4-1-2-5-9(8)14(18)21/h1-7H. The van der Waals surface area contributed by atoms with Crippen LogP contribution in [0.4, 0.5) is 0 Å². The van der Waals surface area contributed by atoms with Crippen molar-refractivity contribution in [1.29, 1.82) is 0 Å². The van der Waals surface area contributed by atoms with Crippen LogP contribution in [0, 0.1) is 0 Å². The van der Waals surface area contributed by atoms with Gasteiger partial charge in [-0.3, -0.25) is 19.2 Å². The molecule has 0 saturated carbocycles. The van der Waals surface area contributed by atoms with Crippen LogP contribution in [-0.2, 0) is 0 Å². The monoisotopic (exact) mass is 326 g/mol. The van der Waals surface area contributed by atoms with Crippen molar-refractivity contribution in [2.24, 2.45) is 0 Å². The van der Waals surface area contributed by atoms with Crippen LogP contribution in [0.2, 0.25) is 5.02 Å². The molecule has 23 heavy (non-hydrogen) atoms. The summed E-state index contributed by atoms with van der Waals surface area (Å²) < 4.78 is 0. The van der Waals surface area contributed by atoms with Crippen LogP contribution >= 0.6 is 11.6 Å². The molecule has 2 aromatic carbocycles. The van der Waals surface area contributed by atoms with Gasteiger partial charge in [-0.25, -0.2) is 0 Å². The summed E-state index contributed by atoms with van der Waals surface area (Å²) in [5.74, 6) is -2.96. The normalized spacial score (nSPS) is 16.2. The lowest BCUT2D eigenvalue weighted by atomic mass is 10.1. The second kappa shape index (κ2) is 4.50. The minimum Gasteiger partial charge on any atom is -0.267 e. The molecule has 0 aromatic heterocycles. The van der Waals surface area contributed by atoms with E-state index < -0.39 is 23.6 Å². The van der Waals surface area contributed by atoms with E-state index >= 15 is 0 Å². The van der Waals surface area contributed by atoms with Gasteiger partial charge in [-0.05, 0) is 24.3 Å². The Labute approximate surface area is 134 Å². The van der Waals surface area contributed by atoms with Crippen molar-refractivity contribution < 1.29 is 19.2 Å². The lowest BCUT2D eigenvalue weighted by Crippen LogP contribution is -2.49. The Hall–Kier alpha value is -2.99. The van der Waals surface area contributed by atoms with Gasteiger partial charge >= 0.3 is 0 Å². The maximum Gasteiger partial charge on any atom is 0.282 e. The summed E-state index contributed by atoms with van der Waals surface area (Å²) in [6.07, 6.45) is 0. The lowest BCUT2D eigenvalue weighted by molar-refractivity contribution is 0.00845. The average molecular weight is 327 g/mol. The van der Waals surface area contributed by atoms with E-state index in [0.717, 1.165) is 0 Å². The van der Waals surface area contributed by atoms with Crippen molar-refractivity contribution in [1.82, 2.24) is 10.0 Å². The van der Waals surface area contributed by atoms with Gasteiger partial charge in [0.05, 0.1) is 27.3 Å². The fraction of sp³-hybridized carbons (Fsp3) is 0. The number of hydrazine groups is 1. The number of rotatable bonds is 1. The highest BCUT2D eigenvalue weighted by molar-refractivity contribution is 6.38. The largest absolute Gasteiger partial charge is 0.282 e. The van der Waals surface area contributed by atoms with E-state index in [-0.39, 0.29) is 27.3 Å². The number of nitrogens with zero attached hydrogens (tertiary/aromatic N) is 2. The van der Waals surface area contributed by atoms with E-state index in [1.165, 1.54) is 30.3 Å². The van der Waals surface area contributed by atoms with Gasteiger partial charge in [-0.2, -0.15) is 10.0 Å². The molecule has 6 nitrogen and oxygen atoms in total. The van der Waals surface area contributed by atoms with Crippen LogP contribution in [-0.4, -0.2) is 33.6 Å². The molecule has 0 unspecified atom stereocenters. The topological polar surface area (TPSA) is 74.8 Å². The average Bonchev–Trinajstić information content (AvgIpc) is 2.94. The van der Waals surface area contributed by atoms with Gasteiger partial charge in [-0.15, -0.1) is 0 Å². The van der Waals surface area contributed by atoms with E-state index in [2.05, 4.69) is 0 Å². The first-order valence-corrected chi connectivity index (χ1v) is 7.05. The Morgan fingerprint density at radius 3 is 1.65 bits per heavy atom. The van der Waals surface area contributed by atoms with Gasteiger partial charge in [0, 0.05) is 0 Å². The molecule has 0 spiro atoms. The highest BCUT2D eigenvalue weighted by atomic mass is 35.5. The molecule has 4 rings (SSSR count). The van der Waals surface area contributed by atoms with Crippen LogP contribution in [0.15, 0.2) is 42.5 Å². The third-order valence-corrected chi connectivity index (χ3v) is 4.13. The SMILES string of the molecule is O=C1c2ccccc2C(=O)N1N1C(=O)c2cccc(Cl)c2C1=O. The second-order valence-corrected chi connectivity index (χ2v) is 5.46. The number of amides is 4. The molecule has 2 heterocycles. The van der Waals surface area contributed by atoms with Gasteiger partial charge in [0.2, 0.25) is 0 Å². The van der Waals surface area contributed by atoms with Gasteiger partial charge in [-0.1, -0.05) is 29.8 Å². The summed E-state index contributed by atoms with van der Waals surface area (Å²) in [6.45, 7) is 0. The number of hydrogen-bond donors (Lipinski definition) is 0. The van der Waals surface area contributed by atoms with E-state index in [9.17, 15) is 19.2 Å². The molecule has 112 valence electrons. The molecule has 2 aromatic rings. The molecule has 7 heteroatoms. The minimum atomic E-state index is -0.787. The summed E-state index contributed by atoms with van der Waals surface area (Å²) in [5.41, 5.74) is 0.370. The van der Waals surface area contributed by atoms with Crippen molar-refractivity contribution in [2.75, 3.05) is 0 Å². The Bertz CT molecular complexity index is 902. The van der Waals surface area contributed by atoms with E-state index in [4.69, 9.17) is 11.6 Å². The number of benzene rings is 2. The predicted molar refractivity (Wildman–Crippen MR) is 78.9 cm³/mol. The first-order valence-electron chi connectivity index (χ1n) is 6.67. The highest BCUT2D eigenvalue weighted by Crippen LogP contribution is 2.33. The third kappa shape index (κ3) is 1.63. The third-order valence-electron chi connectivity index (χ3n) is 3.82. The van der Waals surface area contributed by atoms with Crippen LogP contribution in [0.3, 0.4) is 0 Å². The van der Waals surface area contributed by atoms with Crippen molar-refractivity contribution in [3.05, 3.63) is 69.7 Å². The van der Waals surface area contributed by atoms with Gasteiger partial charge in [0.25, 0.3) is 23.6 Å². The van der Waals surface area contributed by atoms with E-state index in [1.807, 2.05) is 0 Å². The number of halogens is 1. The molecule has 0 atom stereocenters. The van der Waals surface area contributed by atoms with Crippen LogP contribution in [0.1, 0.15) is 41.4 Å². The maximum absolute atomic E-state index is 12.5. The fourth-order valence-electron chi connectivity index (χ4n) is 2.77. The Morgan fingerprint density at radius 1 is 0.609 bits per heavy atom. The number of carbonyl (C=O) groups is 4. The smallest absolute Gasteiger partial charge is 0.267 e. The van der Waals surface area contributed by atoms with Gasteiger partial charge in [0.1, 0.15) is 0 Å². The van der Waals surface area contributed by atoms with Crippen molar-refractivity contribution >= 4 is 35.2 Å². The molecule has 2 aliphatic heterocycles. The molecule has 0 saturated heterocycles. The van der Waals surface area contributed by atoms with Crippen molar-refractivity contribution in [2.45, 2.75) is 0 Å². The molecule has 0 radical (unpaired) electrons. The Balaban J connectivity index is 1.84. The maximum atomic E-state index is 12.5. The summed E-state index contributed by atoms with van der Waals surface area (Å²) in [4.78, 5) is 49.9. The number of hydrogen-bond acceptors (Lipinski definition) is 4. The van der Waals surface area contributed by atoms with E-state index in [0.29, 0.717) is 10.0 Å². The quantitative estimate of drug-likeness (QED) is 0.752. The summed E-state index contributed by atoms with van der Waals surface area (Å²) in [5, 5.41) is 1.23. The number of carbonyl (C=O) groups excluding carboxylic acids is 4. The molecular formula is C16H7ClN2O4. The first-order chi connectivity index (χ1) is 11.0. The lowest BCUT2D eigenvalue weighted by Gasteiger charge is -2.23. The molecule has 4 amide bonds. The predicted octanol–water partition coefficient (Wildman–Crippen LogP) is 2.15. The second-order valence-electron chi connectivity index (χ2n) is 5.05. The molecule has 2 aliphatic rings. The number of fused-ring (bicyclic) bond motifs is 2. The molecular weight excluding hydrogens is 320 g/mol. The van der Waals surface area contributed by atoms with Crippen LogP contribution in [0.5, 0.6) is 0 Å². The van der Waals surface area contributed by atoms with Crippen molar-refractivity contribution in [3.63, 3.8) is 0 Å². The summed E-state index contributed by atoms with van der Waals surface area (Å²) >= 11 is 5.98. The molecule has 0 fully saturated rings. The van der Waals surface area contributed by atoms with Crippen molar-refractivity contribution in [3.8, 4) is 0 Å². The fourth-order valence-corrected chi connectivity index (χ4v) is 3.03. The Kier molecular flexibility index (Phi) is 2.67. The van der Waals surface area contributed by atoms with Crippen LogP contribution < -0.4 is 0 Å². The Morgan fingerprint density at radius 2 is 1.09 bits per heavy atom. The van der Waals surface area contributed by atoms with E-state index in [1.54, 1.807) is 12.1 Å². The minimum absolute atomic E-state index is 0.00396. The zero-order chi connectivity index (χ0) is 16.3.